The summed E-state index contributed by atoms with van der Waals surface area (Å²) in [4.78, 5) is 5.48. The minimum atomic E-state index is -0.458. The van der Waals surface area contributed by atoms with E-state index in [9.17, 15) is 5.11 Å². The first kappa shape index (κ1) is 19.3. The molecule has 6 heteroatoms. The van der Waals surface area contributed by atoms with Gasteiger partial charge in [0, 0.05) is 45.7 Å². The van der Waals surface area contributed by atoms with Gasteiger partial charge in [-0.2, -0.15) is 0 Å². The van der Waals surface area contributed by atoms with E-state index >= 15 is 0 Å². The summed E-state index contributed by atoms with van der Waals surface area (Å²) in [7, 11) is 0. The van der Waals surface area contributed by atoms with Crippen LogP contribution in [0.5, 0.6) is 5.75 Å². The molecule has 5 rings (SSSR count). The summed E-state index contributed by atoms with van der Waals surface area (Å²) in [6.07, 6.45) is 4.57. The fourth-order valence-corrected chi connectivity index (χ4v) is 6.19. The number of piperidine rings is 1. The van der Waals surface area contributed by atoms with Crippen LogP contribution in [0.4, 0.5) is 0 Å². The average molecular weight is 429 g/mol. The summed E-state index contributed by atoms with van der Waals surface area (Å²) in [6.45, 7) is 5.09. The zero-order valence-electron chi connectivity index (χ0n) is 16.6. The van der Waals surface area contributed by atoms with Gasteiger partial charge in [0.1, 0.15) is 11.9 Å². The van der Waals surface area contributed by atoms with Gasteiger partial charge in [0.2, 0.25) is 0 Å². The summed E-state index contributed by atoms with van der Waals surface area (Å²) in [5.74, 6) is 1.50. The molecule has 3 aromatic rings. The third-order valence-corrected chi connectivity index (χ3v) is 7.72. The quantitative estimate of drug-likeness (QED) is 0.563. The maximum Gasteiger partial charge on any atom is 0.130 e. The highest BCUT2D eigenvalue weighted by Crippen LogP contribution is 2.44. The number of aryl methyl sites for hydroxylation is 1. The molecule has 2 fully saturated rings. The Balaban J connectivity index is 1.61. The molecular formula is C23H25ClN2O2S. The molecule has 3 heterocycles. The summed E-state index contributed by atoms with van der Waals surface area (Å²) in [5.41, 5.74) is 4.04. The minimum absolute atomic E-state index is 0.248. The molecule has 0 amide bonds. The predicted molar refractivity (Wildman–Crippen MR) is 119 cm³/mol. The number of thiophene rings is 1. The molecule has 29 heavy (non-hydrogen) atoms. The van der Waals surface area contributed by atoms with E-state index in [2.05, 4.69) is 17.2 Å². The number of pyridine rings is 1. The lowest BCUT2D eigenvalue weighted by Gasteiger charge is -2.26. The van der Waals surface area contributed by atoms with E-state index in [0.717, 1.165) is 50.5 Å². The van der Waals surface area contributed by atoms with Crippen LogP contribution in [0, 0.1) is 12.8 Å². The highest BCUT2D eigenvalue weighted by molar-refractivity contribution is 7.19. The molecule has 0 spiro atoms. The largest absolute Gasteiger partial charge is 0.489 e. The third kappa shape index (κ3) is 3.44. The van der Waals surface area contributed by atoms with E-state index in [0.29, 0.717) is 23.4 Å². The monoisotopic (exact) mass is 428 g/mol. The predicted octanol–water partition coefficient (Wildman–Crippen LogP) is 5.50. The van der Waals surface area contributed by atoms with Crippen LogP contribution < -0.4 is 10.1 Å². The Labute approximate surface area is 179 Å². The van der Waals surface area contributed by atoms with Crippen molar-refractivity contribution < 1.29 is 9.84 Å². The molecule has 1 aliphatic carbocycles. The number of halogens is 1. The Morgan fingerprint density at radius 1 is 1.31 bits per heavy atom. The zero-order valence-corrected chi connectivity index (χ0v) is 18.2. The Hall–Kier alpha value is -1.66. The molecule has 2 aliphatic rings. The second kappa shape index (κ2) is 7.55. The van der Waals surface area contributed by atoms with Gasteiger partial charge in [-0.05, 0) is 56.0 Å². The third-order valence-electron chi connectivity index (χ3n) is 6.24. The van der Waals surface area contributed by atoms with Gasteiger partial charge in [-0.25, -0.2) is 0 Å². The first-order valence-electron chi connectivity index (χ1n) is 10.3. The van der Waals surface area contributed by atoms with Crippen LogP contribution in [-0.2, 0) is 0 Å². The van der Waals surface area contributed by atoms with Crippen molar-refractivity contribution in [2.75, 3.05) is 6.54 Å². The second-order valence-corrected chi connectivity index (χ2v) is 9.76. The highest BCUT2D eigenvalue weighted by Gasteiger charge is 2.41. The standard InChI is InChI=1S/C23H25ClN2O2S/c1-3-19(27)21-10-18-23(29-21)16(4-5-25-18)17-8-14(24)6-12(2)22(17)28-20-9-15-7-13(20)11-26-15/h4-6,8,10,13,15,19-20,26-27H,3,7,9,11H2,1-2H3. The number of ether oxygens (including phenoxy) is 1. The summed E-state index contributed by atoms with van der Waals surface area (Å²) in [5, 5.41) is 14.6. The number of aliphatic hydroxyl groups is 1. The van der Waals surface area contributed by atoms with Gasteiger partial charge in [0.25, 0.3) is 0 Å². The van der Waals surface area contributed by atoms with Crippen LogP contribution in [0.15, 0.2) is 30.5 Å². The van der Waals surface area contributed by atoms with Crippen molar-refractivity contribution in [1.29, 1.82) is 0 Å². The molecule has 4 atom stereocenters. The van der Waals surface area contributed by atoms with Crippen molar-refractivity contribution in [2.24, 2.45) is 5.92 Å². The van der Waals surface area contributed by atoms with Gasteiger partial charge >= 0.3 is 0 Å². The van der Waals surface area contributed by atoms with E-state index in [1.165, 1.54) is 6.42 Å². The number of nitrogens with one attached hydrogen (secondary N) is 1. The van der Waals surface area contributed by atoms with Gasteiger partial charge in [-0.3, -0.25) is 4.98 Å². The van der Waals surface area contributed by atoms with Crippen LogP contribution in [0.3, 0.4) is 0 Å². The lowest BCUT2D eigenvalue weighted by Crippen LogP contribution is -2.36. The number of fused-ring (bicyclic) bond motifs is 3. The van der Waals surface area contributed by atoms with Crippen molar-refractivity contribution >= 4 is 33.2 Å². The van der Waals surface area contributed by atoms with Crippen molar-refractivity contribution in [3.05, 3.63) is 45.9 Å². The Kier molecular flexibility index (Phi) is 5.03. The molecule has 2 N–H and O–H groups in total. The van der Waals surface area contributed by atoms with E-state index in [1.807, 2.05) is 37.4 Å². The molecule has 1 saturated heterocycles. The van der Waals surface area contributed by atoms with Crippen LogP contribution in [0.25, 0.3) is 21.3 Å². The molecule has 1 saturated carbocycles. The highest BCUT2D eigenvalue weighted by atomic mass is 35.5. The second-order valence-electron chi connectivity index (χ2n) is 8.24. The van der Waals surface area contributed by atoms with Crippen LogP contribution >= 0.6 is 22.9 Å². The Morgan fingerprint density at radius 2 is 2.17 bits per heavy atom. The SMILES string of the molecule is CCC(O)c1cc2nccc(-c3cc(Cl)cc(C)c3OC3CC4CC3CN4)c2s1. The van der Waals surface area contributed by atoms with Crippen molar-refractivity contribution in [2.45, 2.75) is 51.4 Å². The number of hydrogen-bond donors (Lipinski definition) is 2. The maximum absolute atomic E-state index is 10.3. The molecule has 2 bridgehead atoms. The number of hydrogen-bond acceptors (Lipinski definition) is 5. The lowest BCUT2D eigenvalue weighted by atomic mass is 10.0. The molecule has 4 unspecified atom stereocenters. The molecule has 4 nitrogen and oxygen atoms in total. The lowest BCUT2D eigenvalue weighted by molar-refractivity contribution is 0.146. The summed E-state index contributed by atoms with van der Waals surface area (Å²) >= 11 is 8.07. The molecule has 0 radical (unpaired) electrons. The van der Waals surface area contributed by atoms with E-state index in [-0.39, 0.29) is 6.10 Å². The molecular weight excluding hydrogens is 404 g/mol. The van der Waals surface area contributed by atoms with Crippen molar-refractivity contribution in [1.82, 2.24) is 10.3 Å². The smallest absolute Gasteiger partial charge is 0.130 e. The molecule has 1 aromatic carbocycles. The molecule has 2 aromatic heterocycles. The fourth-order valence-electron chi connectivity index (χ4n) is 4.70. The number of benzene rings is 1. The minimum Gasteiger partial charge on any atom is -0.489 e. The normalized spacial score (nSPS) is 24.3. The molecule has 152 valence electrons. The van der Waals surface area contributed by atoms with E-state index < -0.39 is 6.10 Å². The van der Waals surface area contributed by atoms with Gasteiger partial charge in [0.15, 0.2) is 0 Å². The van der Waals surface area contributed by atoms with Crippen LogP contribution in [0.1, 0.15) is 42.7 Å². The average Bonchev–Trinajstić information content (AvgIpc) is 3.43. The topological polar surface area (TPSA) is 54.4 Å². The van der Waals surface area contributed by atoms with Gasteiger partial charge in [0.05, 0.1) is 16.3 Å². The van der Waals surface area contributed by atoms with Gasteiger partial charge in [-0.15, -0.1) is 11.3 Å². The van der Waals surface area contributed by atoms with E-state index in [4.69, 9.17) is 16.3 Å². The zero-order chi connectivity index (χ0) is 20.1. The number of aliphatic hydroxyl groups excluding tert-OH is 1. The summed E-state index contributed by atoms with van der Waals surface area (Å²) in [6, 6.07) is 8.59. The summed E-state index contributed by atoms with van der Waals surface area (Å²) < 4.78 is 7.71. The van der Waals surface area contributed by atoms with Crippen LogP contribution in [-0.4, -0.2) is 28.8 Å². The van der Waals surface area contributed by atoms with Crippen molar-refractivity contribution in [3.63, 3.8) is 0 Å². The number of nitrogens with zero attached hydrogens (tertiary/aromatic N) is 1. The number of rotatable bonds is 5. The fraction of sp³-hybridized carbons (Fsp3) is 0.435. The number of aromatic nitrogens is 1. The Morgan fingerprint density at radius 3 is 2.90 bits per heavy atom. The van der Waals surface area contributed by atoms with Gasteiger partial charge in [-0.1, -0.05) is 18.5 Å². The first-order chi connectivity index (χ1) is 14.0. The molecule has 1 aliphatic heterocycles. The van der Waals surface area contributed by atoms with E-state index in [1.54, 1.807) is 11.3 Å². The first-order valence-corrected chi connectivity index (χ1v) is 11.5. The van der Waals surface area contributed by atoms with Crippen molar-refractivity contribution in [3.8, 4) is 16.9 Å². The maximum atomic E-state index is 10.3. The van der Waals surface area contributed by atoms with Crippen LogP contribution in [0.2, 0.25) is 5.02 Å². The van der Waals surface area contributed by atoms with Gasteiger partial charge < -0.3 is 15.2 Å². The Bertz CT molecular complexity index is 1070.